The number of hydrogen-bond donors (Lipinski definition) is 2. The molecule has 0 spiro atoms. The van der Waals surface area contributed by atoms with Gasteiger partial charge in [-0.15, -0.1) is 0 Å². The van der Waals surface area contributed by atoms with E-state index in [1.807, 2.05) is 0 Å². The van der Waals surface area contributed by atoms with Crippen molar-refractivity contribution in [2.24, 2.45) is 0 Å². The van der Waals surface area contributed by atoms with Crippen molar-refractivity contribution in [3.8, 4) is 0 Å². The van der Waals surface area contributed by atoms with Gasteiger partial charge in [-0.05, 0) is 42.8 Å². The summed E-state index contributed by atoms with van der Waals surface area (Å²) in [6, 6.07) is 8.53. The first-order chi connectivity index (χ1) is 9.83. The highest BCUT2D eigenvalue weighted by Gasteiger charge is 2.20. The molecule has 0 aliphatic heterocycles. The van der Waals surface area contributed by atoms with E-state index in [0.29, 0.717) is 5.02 Å². The Bertz CT molecular complexity index is 778. The second kappa shape index (κ2) is 6.01. The highest BCUT2D eigenvalue weighted by atomic mass is 35.5. The summed E-state index contributed by atoms with van der Waals surface area (Å²) in [5.74, 6) is -0.687. The van der Waals surface area contributed by atoms with Crippen molar-refractivity contribution in [2.75, 3.05) is 4.72 Å². The first kappa shape index (κ1) is 15.8. The van der Waals surface area contributed by atoms with Gasteiger partial charge in [-0.2, -0.15) is 0 Å². The molecule has 0 amide bonds. The second-order valence-electron chi connectivity index (χ2n) is 4.47. The monoisotopic (exact) mass is 329 g/mol. The fraction of sp³-hybridized carbons (Fsp3) is 0.143. The molecule has 0 atom stereocenters. The molecule has 0 radical (unpaired) electrons. The number of benzene rings is 2. The van der Waals surface area contributed by atoms with E-state index in [9.17, 15) is 12.8 Å². The van der Waals surface area contributed by atoms with Crippen LogP contribution in [0.15, 0.2) is 41.3 Å². The molecule has 0 aromatic heterocycles. The maximum atomic E-state index is 13.7. The van der Waals surface area contributed by atoms with Crippen LogP contribution >= 0.6 is 11.6 Å². The molecule has 0 fully saturated rings. The predicted octanol–water partition coefficient (Wildman–Crippen LogP) is 3.08. The first-order valence-electron chi connectivity index (χ1n) is 6.02. The SMILES string of the molecule is Cc1c(F)cc(CO)cc1S(=O)(=O)Nc1cccc(Cl)c1. The molecular weight excluding hydrogens is 317 g/mol. The van der Waals surface area contributed by atoms with Gasteiger partial charge in [0.25, 0.3) is 10.0 Å². The normalized spacial score (nSPS) is 11.4. The Morgan fingerprint density at radius 2 is 2.00 bits per heavy atom. The Hall–Kier alpha value is -1.63. The molecular formula is C14H13ClFNO3S. The van der Waals surface area contributed by atoms with Gasteiger partial charge in [0.15, 0.2) is 0 Å². The van der Waals surface area contributed by atoms with Crippen molar-refractivity contribution in [3.05, 3.63) is 58.4 Å². The number of hydrogen-bond acceptors (Lipinski definition) is 3. The third-order valence-corrected chi connectivity index (χ3v) is 4.65. The molecule has 0 aliphatic carbocycles. The highest BCUT2D eigenvalue weighted by Crippen LogP contribution is 2.24. The Morgan fingerprint density at radius 1 is 1.29 bits per heavy atom. The van der Waals surface area contributed by atoms with Gasteiger partial charge in [0.1, 0.15) is 5.82 Å². The zero-order valence-electron chi connectivity index (χ0n) is 11.1. The molecule has 2 aromatic carbocycles. The summed E-state index contributed by atoms with van der Waals surface area (Å²) < 4.78 is 40.8. The lowest BCUT2D eigenvalue weighted by atomic mass is 10.1. The molecule has 2 N–H and O–H groups in total. The summed E-state index contributed by atoms with van der Waals surface area (Å²) in [5, 5.41) is 9.45. The number of anilines is 1. The van der Waals surface area contributed by atoms with Crippen molar-refractivity contribution in [3.63, 3.8) is 0 Å². The summed E-state index contributed by atoms with van der Waals surface area (Å²) >= 11 is 5.80. The second-order valence-corrected chi connectivity index (χ2v) is 6.56. The van der Waals surface area contributed by atoms with Crippen molar-refractivity contribution < 1.29 is 17.9 Å². The fourth-order valence-electron chi connectivity index (χ4n) is 1.84. The van der Waals surface area contributed by atoms with Crippen LogP contribution in [0.4, 0.5) is 10.1 Å². The zero-order valence-corrected chi connectivity index (χ0v) is 12.7. The van der Waals surface area contributed by atoms with E-state index in [4.69, 9.17) is 16.7 Å². The molecule has 7 heteroatoms. The maximum Gasteiger partial charge on any atom is 0.262 e. The van der Waals surface area contributed by atoms with Crippen LogP contribution in [0, 0.1) is 12.7 Å². The van der Waals surface area contributed by atoms with Crippen LogP contribution in [0.25, 0.3) is 0 Å². The lowest BCUT2D eigenvalue weighted by molar-refractivity contribution is 0.281. The van der Waals surface area contributed by atoms with Crippen LogP contribution in [0.5, 0.6) is 0 Å². The summed E-state index contributed by atoms with van der Waals surface area (Å²) in [4.78, 5) is -0.216. The molecule has 2 aromatic rings. The minimum absolute atomic E-state index is 0.0123. The number of aliphatic hydroxyl groups excluding tert-OH is 1. The lowest BCUT2D eigenvalue weighted by Crippen LogP contribution is -2.15. The van der Waals surface area contributed by atoms with E-state index in [2.05, 4.69) is 4.72 Å². The third-order valence-electron chi connectivity index (χ3n) is 2.91. The van der Waals surface area contributed by atoms with Gasteiger partial charge in [-0.3, -0.25) is 4.72 Å². The summed E-state index contributed by atoms with van der Waals surface area (Å²) in [7, 11) is -3.98. The number of rotatable bonds is 4. The Kier molecular flexibility index (Phi) is 4.51. The summed E-state index contributed by atoms with van der Waals surface area (Å²) in [5.41, 5.74) is 0.447. The average molecular weight is 330 g/mol. The molecule has 2 rings (SSSR count). The molecule has 0 bridgehead atoms. The molecule has 0 saturated heterocycles. The van der Waals surface area contributed by atoms with E-state index in [1.54, 1.807) is 12.1 Å². The fourth-order valence-corrected chi connectivity index (χ4v) is 3.38. The Morgan fingerprint density at radius 3 is 2.62 bits per heavy atom. The highest BCUT2D eigenvalue weighted by molar-refractivity contribution is 7.92. The quantitative estimate of drug-likeness (QED) is 0.906. The lowest BCUT2D eigenvalue weighted by Gasteiger charge is -2.12. The van der Waals surface area contributed by atoms with Crippen LogP contribution in [-0.4, -0.2) is 13.5 Å². The number of nitrogens with one attached hydrogen (secondary N) is 1. The van der Waals surface area contributed by atoms with Gasteiger partial charge >= 0.3 is 0 Å². The molecule has 0 saturated carbocycles. The predicted molar refractivity (Wildman–Crippen MR) is 79.3 cm³/mol. The molecule has 0 heterocycles. The smallest absolute Gasteiger partial charge is 0.262 e. The van der Waals surface area contributed by atoms with Crippen LogP contribution in [-0.2, 0) is 16.6 Å². The largest absolute Gasteiger partial charge is 0.392 e. The van der Waals surface area contributed by atoms with Gasteiger partial charge < -0.3 is 5.11 Å². The van der Waals surface area contributed by atoms with Crippen LogP contribution in [0.3, 0.4) is 0 Å². The van der Waals surface area contributed by atoms with E-state index in [-0.39, 0.29) is 21.7 Å². The van der Waals surface area contributed by atoms with Gasteiger partial charge in [-0.1, -0.05) is 17.7 Å². The van der Waals surface area contributed by atoms with Gasteiger partial charge in [0.2, 0.25) is 0 Å². The minimum Gasteiger partial charge on any atom is -0.392 e. The topological polar surface area (TPSA) is 66.4 Å². The number of halogens is 2. The van der Waals surface area contributed by atoms with Crippen LogP contribution in [0.1, 0.15) is 11.1 Å². The Labute approximate surface area is 127 Å². The molecule has 21 heavy (non-hydrogen) atoms. The maximum absolute atomic E-state index is 13.7. The van der Waals surface area contributed by atoms with Crippen molar-refractivity contribution in [1.82, 2.24) is 0 Å². The van der Waals surface area contributed by atoms with Crippen LogP contribution < -0.4 is 4.72 Å². The van der Waals surface area contributed by atoms with Gasteiger partial charge in [0.05, 0.1) is 17.2 Å². The van der Waals surface area contributed by atoms with Gasteiger partial charge in [-0.25, -0.2) is 12.8 Å². The van der Waals surface area contributed by atoms with Crippen molar-refractivity contribution in [1.29, 1.82) is 0 Å². The Balaban J connectivity index is 2.47. The molecule has 0 unspecified atom stereocenters. The minimum atomic E-state index is -3.98. The standard InChI is InChI=1S/C14H13ClFNO3S/c1-9-13(16)5-10(8-18)6-14(9)21(19,20)17-12-4-2-3-11(15)7-12/h2-7,17-18H,8H2,1H3. The van der Waals surface area contributed by atoms with Gasteiger partial charge in [0, 0.05) is 10.6 Å². The number of aliphatic hydroxyl groups is 1. The molecule has 0 aliphatic rings. The van der Waals surface area contributed by atoms with E-state index < -0.39 is 22.4 Å². The number of sulfonamides is 1. The summed E-state index contributed by atoms with van der Waals surface area (Å²) in [6.45, 7) is 0.917. The van der Waals surface area contributed by atoms with E-state index >= 15 is 0 Å². The third kappa shape index (κ3) is 3.53. The van der Waals surface area contributed by atoms with Crippen molar-refractivity contribution >= 4 is 27.3 Å². The molecule has 112 valence electrons. The average Bonchev–Trinajstić information content (AvgIpc) is 2.41. The van der Waals surface area contributed by atoms with E-state index in [0.717, 1.165) is 6.07 Å². The summed E-state index contributed by atoms with van der Waals surface area (Å²) in [6.07, 6.45) is 0. The van der Waals surface area contributed by atoms with Crippen molar-refractivity contribution in [2.45, 2.75) is 18.4 Å². The van der Waals surface area contributed by atoms with Crippen LogP contribution in [0.2, 0.25) is 5.02 Å². The zero-order chi connectivity index (χ0) is 15.6. The van der Waals surface area contributed by atoms with E-state index in [1.165, 1.54) is 25.1 Å². The first-order valence-corrected chi connectivity index (χ1v) is 7.88. The molecule has 4 nitrogen and oxygen atoms in total.